The first-order valence-electron chi connectivity index (χ1n) is 7.06. The van der Waals surface area contributed by atoms with E-state index in [-0.39, 0.29) is 5.56 Å². The number of anilines is 1. The van der Waals surface area contributed by atoms with E-state index in [9.17, 15) is 4.79 Å². The molecule has 2 aromatic heterocycles. The van der Waals surface area contributed by atoms with Gasteiger partial charge in [0.1, 0.15) is 5.75 Å². The zero-order valence-electron chi connectivity index (χ0n) is 12.5. The molecule has 0 amide bonds. The standard InChI is InChI=1S/C16H17N3O2S/c1-3-18(13-4-6-14(21-2)7-5-13)11-12-10-15(20)19-8-9-22-16(19)17-12/h4-10H,3,11H2,1-2H3. The fraction of sp³-hybridized carbons (Fsp3) is 0.250. The maximum Gasteiger partial charge on any atom is 0.258 e. The highest BCUT2D eigenvalue weighted by Gasteiger charge is 2.09. The number of hydrogen-bond acceptors (Lipinski definition) is 5. The van der Waals surface area contributed by atoms with Gasteiger partial charge in [-0.2, -0.15) is 0 Å². The molecular formula is C16H17N3O2S. The second-order valence-corrected chi connectivity index (χ2v) is 5.73. The van der Waals surface area contributed by atoms with Crippen LogP contribution in [0.15, 0.2) is 46.7 Å². The van der Waals surface area contributed by atoms with Crippen LogP contribution in [0.3, 0.4) is 0 Å². The fourth-order valence-electron chi connectivity index (χ4n) is 2.34. The predicted octanol–water partition coefficient (Wildman–Crippen LogP) is 2.79. The third-order valence-electron chi connectivity index (χ3n) is 3.53. The average molecular weight is 315 g/mol. The maximum absolute atomic E-state index is 12.0. The Hall–Kier alpha value is -2.34. The molecule has 2 heterocycles. The van der Waals surface area contributed by atoms with Crippen molar-refractivity contribution >= 4 is 22.0 Å². The Morgan fingerprint density at radius 1 is 1.32 bits per heavy atom. The van der Waals surface area contributed by atoms with Crippen molar-refractivity contribution in [1.29, 1.82) is 0 Å². The highest BCUT2D eigenvalue weighted by Crippen LogP contribution is 2.20. The average Bonchev–Trinajstić information content (AvgIpc) is 3.02. The van der Waals surface area contributed by atoms with Crippen molar-refractivity contribution in [3.8, 4) is 5.75 Å². The van der Waals surface area contributed by atoms with Crippen LogP contribution in [0.25, 0.3) is 4.96 Å². The van der Waals surface area contributed by atoms with Crippen LogP contribution in [0.4, 0.5) is 5.69 Å². The number of benzene rings is 1. The second kappa shape index (κ2) is 6.19. The molecule has 5 nitrogen and oxygen atoms in total. The number of thiazole rings is 1. The van der Waals surface area contributed by atoms with Crippen molar-refractivity contribution in [1.82, 2.24) is 9.38 Å². The van der Waals surface area contributed by atoms with E-state index < -0.39 is 0 Å². The second-order valence-electron chi connectivity index (χ2n) is 4.85. The molecule has 0 aliphatic carbocycles. The number of hydrogen-bond donors (Lipinski definition) is 0. The predicted molar refractivity (Wildman–Crippen MR) is 89.1 cm³/mol. The SMILES string of the molecule is CCN(Cc1cc(=O)n2ccsc2n1)c1ccc(OC)cc1. The van der Waals surface area contributed by atoms with Crippen molar-refractivity contribution in [3.05, 3.63) is 58.0 Å². The summed E-state index contributed by atoms with van der Waals surface area (Å²) in [6.45, 7) is 3.52. The monoisotopic (exact) mass is 315 g/mol. The largest absolute Gasteiger partial charge is 0.497 e. The minimum absolute atomic E-state index is 0.0352. The molecule has 0 atom stereocenters. The summed E-state index contributed by atoms with van der Waals surface area (Å²) in [5.41, 5.74) is 1.83. The molecule has 0 radical (unpaired) electrons. The van der Waals surface area contributed by atoms with Gasteiger partial charge in [0, 0.05) is 29.9 Å². The van der Waals surface area contributed by atoms with Gasteiger partial charge in [0.05, 0.1) is 19.3 Å². The minimum Gasteiger partial charge on any atom is -0.497 e. The van der Waals surface area contributed by atoms with Crippen LogP contribution in [-0.2, 0) is 6.54 Å². The first-order valence-corrected chi connectivity index (χ1v) is 7.94. The quantitative estimate of drug-likeness (QED) is 0.726. The van der Waals surface area contributed by atoms with Gasteiger partial charge in [-0.05, 0) is 31.2 Å². The van der Waals surface area contributed by atoms with Crippen LogP contribution < -0.4 is 15.2 Å². The molecule has 3 rings (SSSR count). The lowest BCUT2D eigenvalue weighted by Gasteiger charge is -2.22. The van der Waals surface area contributed by atoms with Crippen molar-refractivity contribution in [2.24, 2.45) is 0 Å². The van der Waals surface area contributed by atoms with Crippen molar-refractivity contribution in [2.45, 2.75) is 13.5 Å². The topological polar surface area (TPSA) is 46.8 Å². The molecule has 3 aromatic rings. The molecule has 0 saturated carbocycles. The van der Waals surface area contributed by atoms with Crippen LogP contribution in [0.5, 0.6) is 5.75 Å². The van der Waals surface area contributed by atoms with Gasteiger partial charge in [-0.15, -0.1) is 11.3 Å². The number of nitrogens with zero attached hydrogens (tertiary/aromatic N) is 3. The van der Waals surface area contributed by atoms with Gasteiger partial charge in [0.2, 0.25) is 0 Å². The molecule has 0 unspecified atom stereocenters. The molecule has 0 aliphatic rings. The summed E-state index contributed by atoms with van der Waals surface area (Å²) in [4.78, 5) is 19.5. The number of fused-ring (bicyclic) bond motifs is 1. The van der Waals surface area contributed by atoms with Crippen molar-refractivity contribution in [3.63, 3.8) is 0 Å². The molecule has 114 valence electrons. The number of methoxy groups -OCH3 is 1. The summed E-state index contributed by atoms with van der Waals surface area (Å²) in [7, 11) is 1.65. The van der Waals surface area contributed by atoms with Crippen molar-refractivity contribution < 1.29 is 4.74 Å². The van der Waals surface area contributed by atoms with E-state index in [1.54, 1.807) is 23.8 Å². The van der Waals surface area contributed by atoms with Gasteiger partial charge in [-0.1, -0.05) is 0 Å². The Morgan fingerprint density at radius 2 is 2.09 bits per heavy atom. The first-order chi connectivity index (χ1) is 10.7. The third kappa shape index (κ3) is 2.82. The Labute approximate surface area is 132 Å². The molecule has 1 aromatic carbocycles. The molecule has 0 saturated heterocycles. The molecule has 0 spiro atoms. The Morgan fingerprint density at radius 3 is 2.77 bits per heavy atom. The zero-order valence-corrected chi connectivity index (χ0v) is 13.3. The van der Waals surface area contributed by atoms with Gasteiger partial charge in [0.15, 0.2) is 4.96 Å². The van der Waals surface area contributed by atoms with E-state index in [0.29, 0.717) is 6.54 Å². The van der Waals surface area contributed by atoms with Crippen LogP contribution >= 0.6 is 11.3 Å². The zero-order chi connectivity index (χ0) is 15.5. The van der Waals surface area contributed by atoms with Crippen LogP contribution in [0, 0.1) is 0 Å². The first kappa shape index (κ1) is 14.6. The lowest BCUT2D eigenvalue weighted by atomic mass is 10.2. The molecule has 0 fully saturated rings. The summed E-state index contributed by atoms with van der Waals surface area (Å²) in [5.74, 6) is 0.830. The van der Waals surface area contributed by atoms with Gasteiger partial charge in [0.25, 0.3) is 5.56 Å². The molecule has 22 heavy (non-hydrogen) atoms. The van der Waals surface area contributed by atoms with E-state index in [1.807, 2.05) is 29.6 Å². The van der Waals surface area contributed by atoms with E-state index in [2.05, 4.69) is 16.8 Å². The van der Waals surface area contributed by atoms with Crippen molar-refractivity contribution in [2.75, 3.05) is 18.6 Å². The minimum atomic E-state index is -0.0352. The molecule has 6 heteroatoms. The van der Waals surface area contributed by atoms with E-state index in [1.165, 1.54) is 11.3 Å². The molecule has 0 bridgehead atoms. The van der Waals surface area contributed by atoms with E-state index >= 15 is 0 Å². The third-order valence-corrected chi connectivity index (χ3v) is 4.28. The van der Waals surface area contributed by atoms with Crippen LogP contribution in [0.2, 0.25) is 0 Å². The Bertz CT molecular complexity index is 823. The lowest BCUT2D eigenvalue weighted by molar-refractivity contribution is 0.415. The molecule has 0 aliphatic heterocycles. The van der Waals surface area contributed by atoms with Gasteiger partial charge in [-0.25, -0.2) is 4.98 Å². The summed E-state index contributed by atoms with van der Waals surface area (Å²) in [5, 5.41) is 1.87. The van der Waals surface area contributed by atoms with Gasteiger partial charge < -0.3 is 9.64 Å². The Balaban J connectivity index is 1.88. The highest BCUT2D eigenvalue weighted by atomic mass is 32.1. The number of ether oxygens (including phenoxy) is 1. The van der Waals surface area contributed by atoms with Crippen LogP contribution in [0.1, 0.15) is 12.6 Å². The summed E-state index contributed by atoms with van der Waals surface area (Å²) < 4.78 is 6.75. The van der Waals surface area contributed by atoms with E-state index in [0.717, 1.165) is 28.6 Å². The van der Waals surface area contributed by atoms with Crippen LogP contribution in [-0.4, -0.2) is 23.0 Å². The molecular weight excluding hydrogens is 298 g/mol. The van der Waals surface area contributed by atoms with E-state index in [4.69, 9.17) is 4.74 Å². The fourth-order valence-corrected chi connectivity index (χ4v) is 3.08. The number of aromatic nitrogens is 2. The van der Waals surface area contributed by atoms with Gasteiger partial charge in [-0.3, -0.25) is 9.20 Å². The van der Waals surface area contributed by atoms with Gasteiger partial charge >= 0.3 is 0 Å². The smallest absolute Gasteiger partial charge is 0.258 e. The highest BCUT2D eigenvalue weighted by molar-refractivity contribution is 7.15. The summed E-state index contributed by atoms with van der Waals surface area (Å²) in [6.07, 6.45) is 1.75. The molecule has 0 N–H and O–H groups in total. The normalized spacial score (nSPS) is 10.8. The summed E-state index contributed by atoms with van der Waals surface area (Å²) in [6, 6.07) is 9.50. The summed E-state index contributed by atoms with van der Waals surface area (Å²) >= 11 is 1.47. The Kier molecular flexibility index (Phi) is 4.11. The maximum atomic E-state index is 12.0. The lowest BCUT2D eigenvalue weighted by Crippen LogP contribution is -2.24. The number of rotatable bonds is 5.